The van der Waals surface area contributed by atoms with Gasteiger partial charge in [0.25, 0.3) is 0 Å². The van der Waals surface area contributed by atoms with Gasteiger partial charge in [-0.25, -0.2) is 4.98 Å². The molecule has 0 atom stereocenters. The van der Waals surface area contributed by atoms with E-state index in [9.17, 15) is 5.11 Å². The summed E-state index contributed by atoms with van der Waals surface area (Å²) in [7, 11) is 0. The van der Waals surface area contributed by atoms with Gasteiger partial charge in [-0.3, -0.25) is 14.5 Å². The molecule has 61 heavy (non-hydrogen) atoms. The lowest BCUT2D eigenvalue weighted by Gasteiger charge is -2.15. The number of phenolic OH excluding ortho intramolecular Hbond substituents is 1. The van der Waals surface area contributed by atoms with Crippen LogP contribution in [-0.2, 0) is 0 Å². The summed E-state index contributed by atoms with van der Waals surface area (Å²) >= 11 is 0. The molecule has 0 fully saturated rings. The molecule has 0 aliphatic heterocycles. The number of rotatable bonds is 7. The van der Waals surface area contributed by atoms with Crippen molar-refractivity contribution in [2.24, 2.45) is 0 Å². The molecule has 0 aliphatic rings. The minimum Gasteiger partial charge on any atom is -0.507 e. The van der Waals surface area contributed by atoms with Crippen molar-refractivity contribution in [1.29, 1.82) is 0 Å². The number of benzene rings is 7. The van der Waals surface area contributed by atoms with E-state index in [1.807, 2.05) is 50.4 Å². The molecule has 11 aromatic rings. The maximum Gasteiger partial charge on any atom is 0.153 e. The summed E-state index contributed by atoms with van der Waals surface area (Å²) in [5, 5.41) is 13.8. The minimum atomic E-state index is 0.0776. The van der Waals surface area contributed by atoms with Crippen LogP contribution in [0.3, 0.4) is 0 Å². The van der Waals surface area contributed by atoms with E-state index in [2.05, 4.69) is 155 Å². The fourth-order valence-corrected chi connectivity index (χ4v) is 8.75. The zero-order valence-electron chi connectivity index (χ0n) is 33.5. The van der Waals surface area contributed by atoms with E-state index in [0.717, 1.165) is 100 Å². The molecule has 1 N–H and O–H groups in total. The first-order chi connectivity index (χ1) is 30.0. The number of nitrogens with zero attached hydrogens (tertiary/aromatic N) is 4. The largest absolute Gasteiger partial charge is 0.507 e. The summed E-state index contributed by atoms with van der Waals surface area (Å²) in [6, 6.07) is 62.2. The lowest BCUT2D eigenvalue weighted by Crippen LogP contribution is -2.00. The smallest absolute Gasteiger partial charge is 0.153 e. The topological polar surface area (TPSA) is 77.0 Å². The Hall–Kier alpha value is -8.09. The van der Waals surface area contributed by atoms with Gasteiger partial charge in [0.1, 0.15) is 22.5 Å². The van der Waals surface area contributed by atoms with Crippen LogP contribution in [0, 0.1) is 13.8 Å². The van der Waals surface area contributed by atoms with Crippen molar-refractivity contribution < 1.29 is 9.52 Å². The molecule has 0 bridgehead atoms. The average molecular weight is 787 g/mol. The monoisotopic (exact) mass is 786 g/mol. The van der Waals surface area contributed by atoms with Crippen molar-refractivity contribution >= 4 is 33.0 Å². The molecule has 0 saturated heterocycles. The summed E-state index contributed by atoms with van der Waals surface area (Å²) < 4.78 is 9.00. The Labute approximate surface area is 352 Å². The average Bonchev–Trinajstić information content (AvgIpc) is 3.87. The van der Waals surface area contributed by atoms with Gasteiger partial charge in [0.15, 0.2) is 5.82 Å². The van der Waals surface area contributed by atoms with Crippen LogP contribution in [0.15, 0.2) is 193 Å². The van der Waals surface area contributed by atoms with Gasteiger partial charge in [0, 0.05) is 45.0 Å². The Morgan fingerprint density at radius 3 is 1.98 bits per heavy atom. The Balaban J connectivity index is 1.14. The lowest BCUT2D eigenvalue weighted by molar-refractivity contribution is 0.476. The van der Waals surface area contributed by atoms with Crippen LogP contribution in [0.4, 0.5) is 0 Å². The number of phenols is 1. The second-order valence-electron chi connectivity index (χ2n) is 15.5. The maximum absolute atomic E-state index is 12.0. The van der Waals surface area contributed by atoms with Crippen LogP contribution < -0.4 is 0 Å². The Morgan fingerprint density at radius 2 is 1.16 bits per heavy atom. The molecule has 0 aliphatic carbocycles. The van der Waals surface area contributed by atoms with E-state index in [4.69, 9.17) is 14.4 Å². The lowest BCUT2D eigenvalue weighted by atomic mass is 9.98. The molecule has 290 valence electrons. The molecule has 0 saturated carbocycles. The van der Waals surface area contributed by atoms with Gasteiger partial charge in [-0.1, -0.05) is 115 Å². The van der Waals surface area contributed by atoms with E-state index in [-0.39, 0.29) is 5.75 Å². The van der Waals surface area contributed by atoms with Gasteiger partial charge in [0.2, 0.25) is 0 Å². The first kappa shape index (κ1) is 36.0. The molecule has 7 aromatic carbocycles. The number of furan rings is 1. The van der Waals surface area contributed by atoms with Crippen LogP contribution in [0.25, 0.3) is 106 Å². The van der Waals surface area contributed by atoms with Crippen molar-refractivity contribution in [2.75, 3.05) is 0 Å². The summed E-state index contributed by atoms with van der Waals surface area (Å²) in [5.74, 6) is 0.649. The van der Waals surface area contributed by atoms with E-state index < -0.39 is 0 Å². The first-order valence-corrected chi connectivity index (χ1v) is 20.4. The molecule has 6 nitrogen and oxygen atoms in total. The Bertz CT molecular complexity index is 3440. The number of hydrogen-bond acceptors (Lipinski definition) is 5. The number of para-hydroxylation sites is 2. The van der Waals surface area contributed by atoms with Crippen molar-refractivity contribution in [3.8, 4) is 78.6 Å². The normalized spacial score (nSPS) is 11.5. The maximum atomic E-state index is 12.0. The van der Waals surface area contributed by atoms with Gasteiger partial charge in [-0.05, 0) is 114 Å². The highest BCUT2D eigenvalue weighted by Crippen LogP contribution is 2.45. The summed E-state index contributed by atoms with van der Waals surface area (Å²) in [4.78, 5) is 14.9. The van der Waals surface area contributed by atoms with Crippen LogP contribution in [0.1, 0.15) is 11.4 Å². The van der Waals surface area contributed by atoms with Gasteiger partial charge >= 0.3 is 0 Å². The number of hydrogen-bond donors (Lipinski definition) is 1. The fourth-order valence-electron chi connectivity index (χ4n) is 8.75. The number of pyridine rings is 2. The van der Waals surface area contributed by atoms with Crippen molar-refractivity contribution in [1.82, 2.24) is 19.5 Å². The Morgan fingerprint density at radius 1 is 0.492 bits per heavy atom. The number of aromatic nitrogens is 4. The molecule has 11 rings (SSSR count). The standard InChI is InChI=1S/C55H38N4O2/c1-34-29-42(30-35(2)57-34)38-23-24-45-46-25-26-50(60)52(54(46)61-51(45)33-38)55-58-53-44(20-12-22-49(53)59(55)48-21-10-9-19-43(48)37-15-7-4-8-16-37)40-17-11-18-41(31-40)47-32-39(27-28-56-47)36-13-5-3-6-14-36/h3-33,60H,1-2H3. The highest BCUT2D eigenvalue weighted by Gasteiger charge is 2.26. The SMILES string of the molecule is Cc1cc(-c2ccc3c(c2)oc2c(-c4nc5c(-c6cccc(-c7cc(-c8ccccc8)ccn7)c6)cccc5n4-c4ccccc4-c4ccccc4)c(O)ccc23)cc(C)n1. The van der Waals surface area contributed by atoms with E-state index >= 15 is 0 Å². The molecule has 0 radical (unpaired) electrons. The number of imidazole rings is 1. The number of fused-ring (bicyclic) bond motifs is 4. The molecule has 0 spiro atoms. The van der Waals surface area contributed by atoms with E-state index in [1.165, 1.54) is 0 Å². The predicted molar refractivity (Wildman–Crippen MR) is 248 cm³/mol. The van der Waals surface area contributed by atoms with Crippen molar-refractivity contribution in [2.45, 2.75) is 13.8 Å². The first-order valence-electron chi connectivity index (χ1n) is 20.4. The third-order valence-electron chi connectivity index (χ3n) is 11.5. The second kappa shape index (κ2) is 14.6. The minimum absolute atomic E-state index is 0.0776. The molecule has 6 heteroatoms. The van der Waals surface area contributed by atoms with E-state index in [1.54, 1.807) is 6.07 Å². The summed E-state index contributed by atoms with van der Waals surface area (Å²) in [6.45, 7) is 4.02. The molecule has 0 amide bonds. The third kappa shape index (κ3) is 6.33. The fraction of sp³-hybridized carbons (Fsp3) is 0.0364. The third-order valence-corrected chi connectivity index (χ3v) is 11.5. The second-order valence-corrected chi connectivity index (χ2v) is 15.5. The summed E-state index contributed by atoms with van der Waals surface area (Å²) in [6.07, 6.45) is 1.87. The Kier molecular flexibility index (Phi) is 8.64. The molecule has 4 aromatic heterocycles. The zero-order valence-corrected chi connectivity index (χ0v) is 33.5. The van der Waals surface area contributed by atoms with Gasteiger partial charge in [-0.15, -0.1) is 0 Å². The summed E-state index contributed by atoms with van der Waals surface area (Å²) in [5.41, 5.74) is 16.6. The highest BCUT2D eigenvalue weighted by atomic mass is 16.3. The molecule has 0 unspecified atom stereocenters. The quantitative estimate of drug-likeness (QED) is 0.174. The molecular formula is C55H38N4O2. The van der Waals surface area contributed by atoms with E-state index in [0.29, 0.717) is 17.0 Å². The van der Waals surface area contributed by atoms with Crippen LogP contribution in [-0.4, -0.2) is 24.6 Å². The van der Waals surface area contributed by atoms with Gasteiger partial charge in [0.05, 0.1) is 22.4 Å². The number of aryl methyl sites for hydroxylation is 2. The highest BCUT2D eigenvalue weighted by molar-refractivity contribution is 6.12. The van der Waals surface area contributed by atoms with Crippen LogP contribution in [0.5, 0.6) is 5.75 Å². The molecular weight excluding hydrogens is 749 g/mol. The van der Waals surface area contributed by atoms with Gasteiger partial charge in [-0.2, -0.15) is 0 Å². The van der Waals surface area contributed by atoms with Crippen molar-refractivity contribution in [3.05, 3.63) is 200 Å². The number of aromatic hydroxyl groups is 1. The van der Waals surface area contributed by atoms with Crippen molar-refractivity contribution in [3.63, 3.8) is 0 Å². The zero-order chi connectivity index (χ0) is 41.0. The molecule has 4 heterocycles. The van der Waals surface area contributed by atoms with Crippen LogP contribution >= 0.6 is 0 Å². The van der Waals surface area contributed by atoms with Gasteiger partial charge < -0.3 is 9.52 Å². The van der Waals surface area contributed by atoms with Crippen LogP contribution in [0.2, 0.25) is 0 Å². The predicted octanol–water partition coefficient (Wildman–Crippen LogP) is 14.0.